The molecule has 3 rings (SSSR count). The van der Waals surface area contributed by atoms with E-state index in [0.29, 0.717) is 18.1 Å². The van der Waals surface area contributed by atoms with Gasteiger partial charge in [0, 0.05) is 25.3 Å². The van der Waals surface area contributed by atoms with Gasteiger partial charge in [-0.2, -0.15) is 0 Å². The zero-order valence-electron chi connectivity index (χ0n) is 13.8. The highest BCUT2D eigenvalue weighted by molar-refractivity contribution is 5.94. The van der Waals surface area contributed by atoms with Crippen LogP contribution in [0.25, 0.3) is 10.9 Å². The van der Waals surface area contributed by atoms with Crippen LogP contribution in [0.1, 0.15) is 53.6 Å². The van der Waals surface area contributed by atoms with Gasteiger partial charge >= 0.3 is 5.97 Å². The summed E-state index contributed by atoms with van der Waals surface area (Å²) in [6, 6.07) is 6.28. The molecule has 1 aliphatic carbocycles. The lowest BCUT2D eigenvalue weighted by atomic mass is 9.96. The lowest BCUT2D eigenvalue weighted by Crippen LogP contribution is -2.05. The summed E-state index contributed by atoms with van der Waals surface area (Å²) in [7, 11) is 1.74. The van der Waals surface area contributed by atoms with E-state index in [1.54, 1.807) is 13.3 Å². The minimum absolute atomic E-state index is 0.306. The number of ether oxygens (including phenoxy) is 2. The number of nitrogens with zero attached hydrogens (tertiary/aromatic N) is 1. The van der Waals surface area contributed by atoms with E-state index < -0.39 is 0 Å². The third-order valence-electron chi connectivity index (χ3n) is 4.27. The largest absolute Gasteiger partial charge is 0.462 e. The zero-order valence-corrected chi connectivity index (χ0v) is 13.8. The minimum Gasteiger partial charge on any atom is -0.462 e. The Labute approximate surface area is 136 Å². The normalized spacial score (nSPS) is 14.2. The number of carbonyl (C=O) groups excluding carboxylic acids is 1. The van der Waals surface area contributed by atoms with Gasteiger partial charge < -0.3 is 9.47 Å². The van der Waals surface area contributed by atoms with Crippen LogP contribution in [-0.2, 0) is 15.9 Å². The molecule has 0 N–H and O–H groups in total. The van der Waals surface area contributed by atoms with Crippen molar-refractivity contribution in [2.75, 3.05) is 20.3 Å². The van der Waals surface area contributed by atoms with Crippen LogP contribution < -0.4 is 0 Å². The second kappa shape index (κ2) is 7.09. The standard InChI is InChI=1S/C19H23NO3/c1-3-23-19(21)16-9-15-10-17(13-6-7-13)14(5-4-8-22-2)11-18(15)20-12-16/h9-13H,3-8H2,1-2H3. The van der Waals surface area contributed by atoms with E-state index in [1.807, 2.05) is 13.0 Å². The topological polar surface area (TPSA) is 48.4 Å². The first-order chi connectivity index (χ1) is 11.2. The molecule has 2 aromatic rings. The molecule has 0 spiro atoms. The molecular formula is C19H23NO3. The van der Waals surface area contributed by atoms with E-state index in [9.17, 15) is 4.79 Å². The number of benzene rings is 1. The SMILES string of the molecule is CCOC(=O)c1cnc2cc(CCCOC)c(C3CC3)cc2c1. The summed E-state index contributed by atoms with van der Waals surface area (Å²) >= 11 is 0. The van der Waals surface area contributed by atoms with Gasteiger partial charge in [-0.15, -0.1) is 0 Å². The molecule has 0 aliphatic heterocycles. The number of methoxy groups -OCH3 is 1. The van der Waals surface area contributed by atoms with E-state index in [-0.39, 0.29) is 5.97 Å². The third-order valence-corrected chi connectivity index (χ3v) is 4.27. The number of hydrogen-bond acceptors (Lipinski definition) is 4. The minimum atomic E-state index is -0.306. The molecule has 1 fully saturated rings. The zero-order chi connectivity index (χ0) is 16.2. The van der Waals surface area contributed by atoms with E-state index in [2.05, 4.69) is 17.1 Å². The number of rotatable bonds is 7. The Morgan fingerprint density at radius 2 is 2.13 bits per heavy atom. The predicted octanol–water partition coefficient (Wildman–Crippen LogP) is 3.87. The molecule has 0 atom stereocenters. The first-order valence-corrected chi connectivity index (χ1v) is 8.31. The second-order valence-corrected chi connectivity index (χ2v) is 6.06. The summed E-state index contributed by atoms with van der Waals surface area (Å²) < 4.78 is 10.2. The Morgan fingerprint density at radius 3 is 2.83 bits per heavy atom. The van der Waals surface area contributed by atoms with Gasteiger partial charge in [0.1, 0.15) is 0 Å². The second-order valence-electron chi connectivity index (χ2n) is 6.06. The number of aryl methyl sites for hydroxylation is 1. The van der Waals surface area contributed by atoms with Crippen molar-refractivity contribution < 1.29 is 14.3 Å². The van der Waals surface area contributed by atoms with Crippen molar-refractivity contribution >= 4 is 16.9 Å². The van der Waals surface area contributed by atoms with Crippen LogP contribution in [0.15, 0.2) is 24.4 Å². The van der Waals surface area contributed by atoms with Gasteiger partial charge in [0.25, 0.3) is 0 Å². The van der Waals surface area contributed by atoms with Gasteiger partial charge in [-0.05, 0) is 67.9 Å². The molecule has 1 aromatic carbocycles. The molecule has 4 heteroatoms. The van der Waals surface area contributed by atoms with Crippen molar-refractivity contribution in [3.63, 3.8) is 0 Å². The van der Waals surface area contributed by atoms with Gasteiger partial charge in [-0.3, -0.25) is 4.98 Å². The van der Waals surface area contributed by atoms with Crippen LogP contribution in [0, 0.1) is 0 Å². The molecule has 0 saturated heterocycles. The van der Waals surface area contributed by atoms with E-state index in [4.69, 9.17) is 9.47 Å². The highest BCUT2D eigenvalue weighted by Gasteiger charge is 2.26. The predicted molar refractivity (Wildman–Crippen MR) is 89.9 cm³/mol. The molecule has 23 heavy (non-hydrogen) atoms. The summed E-state index contributed by atoms with van der Waals surface area (Å²) in [6.07, 6.45) is 6.15. The Morgan fingerprint density at radius 1 is 1.30 bits per heavy atom. The van der Waals surface area contributed by atoms with E-state index >= 15 is 0 Å². The van der Waals surface area contributed by atoms with Crippen molar-refractivity contribution in [2.45, 2.75) is 38.5 Å². The molecule has 1 aromatic heterocycles. The summed E-state index contributed by atoms with van der Waals surface area (Å²) in [6.45, 7) is 2.96. The maximum absolute atomic E-state index is 11.9. The fourth-order valence-corrected chi connectivity index (χ4v) is 2.96. The summed E-state index contributed by atoms with van der Waals surface area (Å²) in [5.41, 5.74) is 4.24. The lowest BCUT2D eigenvalue weighted by Gasteiger charge is -2.11. The third kappa shape index (κ3) is 3.70. The number of aromatic nitrogens is 1. The molecule has 0 amide bonds. The Hall–Kier alpha value is -1.94. The Bertz CT molecular complexity index is 707. The number of esters is 1. The Balaban J connectivity index is 1.94. The van der Waals surface area contributed by atoms with Crippen LogP contribution in [-0.4, -0.2) is 31.3 Å². The summed E-state index contributed by atoms with van der Waals surface area (Å²) in [5.74, 6) is 0.363. The van der Waals surface area contributed by atoms with Gasteiger partial charge in [0.05, 0.1) is 17.7 Å². The van der Waals surface area contributed by atoms with Crippen molar-refractivity contribution in [1.29, 1.82) is 0 Å². The van der Waals surface area contributed by atoms with Gasteiger partial charge in [-0.1, -0.05) is 0 Å². The lowest BCUT2D eigenvalue weighted by molar-refractivity contribution is 0.0526. The van der Waals surface area contributed by atoms with Crippen molar-refractivity contribution in [3.8, 4) is 0 Å². The fourth-order valence-electron chi connectivity index (χ4n) is 2.96. The number of fused-ring (bicyclic) bond motifs is 1. The summed E-state index contributed by atoms with van der Waals surface area (Å²) in [5, 5.41) is 1.02. The van der Waals surface area contributed by atoms with Gasteiger partial charge in [-0.25, -0.2) is 4.79 Å². The van der Waals surface area contributed by atoms with Crippen LogP contribution in [0.3, 0.4) is 0 Å². The number of carbonyl (C=O) groups is 1. The first-order valence-electron chi connectivity index (χ1n) is 8.31. The number of hydrogen-bond donors (Lipinski definition) is 0. The van der Waals surface area contributed by atoms with Crippen LogP contribution in [0.2, 0.25) is 0 Å². The van der Waals surface area contributed by atoms with Crippen LogP contribution in [0.5, 0.6) is 0 Å². The molecule has 1 saturated carbocycles. The quantitative estimate of drug-likeness (QED) is 0.575. The highest BCUT2D eigenvalue weighted by atomic mass is 16.5. The molecule has 0 unspecified atom stereocenters. The molecule has 4 nitrogen and oxygen atoms in total. The maximum Gasteiger partial charge on any atom is 0.339 e. The molecule has 0 bridgehead atoms. The molecular weight excluding hydrogens is 290 g/mol. The monoisotopic (exact) mass is 313 g/mol. The van der Waals surface area contributed by atoms with Gasteiger partial charge in [0.15, 0.2) is 0 Å². The molecule has 1 aliphatic rings. The van der Waals surface area contributed by atoms with Crippen molar-refractivity contribution in [3.05, 3.63) is 41.1 Å². The summed E-state index contributed by atoms with van der Waals surface area (Å²) in [4.78, 5) is 16.3. The number of pyridine rings is 1. The first kappa shape index (κ1) is 15.9. The van der Waals surface area contributed by atoms with Crippen molar-refractivity contribution in [2.24, 2.45) is 0 Å². The molecule has 1 heterocycles. The fraction of sp³-hybridized carbons (Fsp3) is 0.474. The Kier molecular flexibility index (Phi) is 4.91. The van der Waals surface area contributed by atoms with E-state index in [0.717, 1.165) is 30.4 Å². The van der Waals surface area contributed by atoms with Crippen molar-refractivity contribution in [1.82, 2.24) is 4.98 Å². The van der Waals surface area contributed by atoms with Crippen LogP contribution >= 0.6 is 0 Å². The molecule has 0 radical (unpaired) electrons. The van der Waals surface area contributed by atoms with Crippen LogP contribution in [0.4, 0.5) is 0 Å². The van der Waals surface area contributed by atoms with Gasteiger partial charge in [0.2, 0.25) is 0 Å². The maximum atomic E-state index is 11.9. The van der Waals surface area contributed by atoms with E-state index in [1.165, 1.54) is 24.0 Å². The smallest absolute Gasteiger partial charge is 0.339 e. The average molecular weight is 313 g/mol. The highest BCUT2D eigenvalue weighted by Crippen LogP contribution is 2.43. The average Bonchev–Trinajstić information content (AvgIpc) is 3.39. The molecule has 122 valence electrons.